The van der Waals surface area contributed by atoms with Crippen molar-refractivity contribution < 1.29 is 18.3 Å². The Balaban J connectivity index is 2.50. The minimum Gasteiger partial charge on any atom is -0.493 e. The van der Waals surface area contributed by atoms with Gasteiger partial charge >= 0.3 is 0 Å². The summed E-state index contributed by atoms with van der Waals surface area (Å²) in [6.07, 6.45) is 0.203. The molecule has 0 saturated heterocycles. The van der Waals surface area contributed by atoms with E-state index in [1.807, 2.05) is 6.92 Å². The van der Waals surface area contributed by atoms with E-state index in [4.69, 9.17) is 4.74 Å². The van der Waals surface area contributed by atoms with Crippen LogP contribution in [0.2, 0.25) is 0 Å². The van der Waals surface area contributed by atoms with Gasteiger partial charge < -0.3 is 9.84 Å². The molecule has 1 aromatic rings. The lowest BCUT2D eigenvalue weighted by atomic mass is 10.1. The van der Waals surface area contributed by atoms with Gasteiger partial charge in [-0.25, -0.2) is 8.42 Å². The van der Waals surface area contributed by atoms with Crippen LogP contribution in [-0.4, -0.2) is 31.6 Å². The second-order valence-electron chi connectivity index (χ2n) is 4.08. The minimum atomic E-state index is -2.98. The Kier molecular flexibility index (Phi) is 5.62. The van der Waals surface area contributed by atoms with E-state index in [9.17, 15) is 13.5 Å². The Morgan fingerprint density at radius 3 is 2.33 bits per heavy atom. The van der Waals surface area contributed by atoms with Crippen molar-refractivity contribution in [2.45, 2.75) is 26.4 Å². The number of hydrogen-bond donors (Lipinski definition) is 1. The van der Waals surface area contributed by atoms with Gasteiger partial charge in [-0.2, -0.15) is 0 Å². The Hall–Kier alpha value is -1.07. The van der Waals surface area contributed by atoms with E-state index in [1.165, 1.54) is 0 Å². The number of ether oxygens (including phenoxy) is 1. The van der Waals surface area contributed by atoms with Crippen molar-refractivity contribution in [3.63, 3.8) is 0 Å². The van der Waals surface area contributed by atoms with Gasteiger partial charge in [0.25, 0.3) is 0 Å². The van der Waals surface area contributed by atoms with Crippen LogP contribution < -0.4 is 4.74 Å². The van der Waals surface area contributed by atoms with Crippen LogP contribution in [0.4, 0.5) is 0 Å². The molecule has 1 rings (SSSR count). The average molecular weight is 272 g/mol. The first-order chi connectivity index (χ1) is 8.48. The fraction of sp³-hybridized carbons (Fsp3) is 0.538. The van der Waals surface area contributed by atoms with Gasteiger partial charge in [-0.1, -0.05) is 26.0 Å². The summed E-state index contributed by atoms with van der Waals surface area (Å²) in [6.45, 7) is 3.69. The highest BCUT2D eigenvalue weighted by molar-refractivity contribution is 7.91. The fourth-order valence-electron chi connectivity index (χ4n) is 1.45. The quantitative estimate of drug-likeness (QED) is 0.824. The minimum absolute atomic E-state index is 0.0306. The van der Waals surface area contributed by atoms with Crippen LogP contribution in [0.25, 0.3) is 0 Å². The van der Waals surface area contributed by atoms with Gasteiger partial charge in [0.15, 0.2) is 9.84 Å². The van der Waals surface area contributed by atoms with Crippen LogP contribution in [0.1, 0.15) is 31.9 Å². The number of hydrogen-bond acceptors (Lipinski definition) is 4. The monoisotopic (exact) mass is 272 g/mol. The van der Waals surface area contributed by atoms with Gasteiger partial charge in [0.05, 0.1) is 11.9 Å². The van der Waals surface area contributed by atoms with Crippen molar-refractivity contribution in [2.75, 3.05) is 18.1 Å². The maximum Gasteiger partial charge on any atom is 0.153 e. The van der Waals surface area contributed by atoms with Crippen molar-refractivity contribution in [3.8, 4) is 5.75 Å². The number of rotatable bonds is 7. The van der Waals surface area contributed by atoms with Gasteiger partial charge in [-0.15, -0.1) is 0 Å². The third kappa shape index (κ3) is 4.66. The highest BCUT2D eigenvalue weighted by Gasteiger charge is 2.08. The first kappa shape index (κ1) is 15.0. The molecule has 0 amide bonds. The van der Waals surface area contributed by atoms with E-state index in [1.54, 1.807) is 31.2 Å². The van der Waals surface area contributed by atoms with Gasteiger partial charge in [0.2, 0.25) is 0 Å². The van der Waals surface area contributed by atoms with Gasteiger partial charge in [0.1, 0.15) is 12.4 Å². The molecule has 0 unspecified atom stereocenters. The maximum atomic E-state index is 11.3. The molecular formula is C13H20O4S. The van der Waals surface area contributed by atoms with Crippen molar-refractivity contribution in [2.24, 2.45) is 0 Å². The zero-order chi connectivity index (χ0) is 13.6. The second-order valence-corrected chi connectivity index (χ2v) is 6.55. The predicted molar refractivity (Wildman–Crippen MR) is 71.5 cm³/mol. The zero-order valence-corrected chi connectivity index (χ0v) is 11.6. The smallest absolute Gasteiger partial charge is 0.153 e. The molecular weight excluding hydrogens is 252 g/mol. The zero-order valence-electron chi connectivity index (χ0n) is 10.8. The molecule has 0 aliphatic heterocycles. The first-order valence-corrected chi connectivity index (χ1v) is 7.92. The molecule has 0 aliphatic carbocycles. The van der Waals surface area contributed by atoms with Gasteiger partial charge in [0, 0.05) is 5.75 Å². The largest absolute Gasteiger partial charge is 0.493 e. The molecule has 0 radical (unpaired) electrons. The van der Waals surface area contributed by atoms with Crippen LogP contribution in [0, 0.1) is 0 Å². The summed E-state index contributed by atoms with van der Waals surface area (Å²) >= 11 is 0. The molecule has 0 spiro atoms. The molecule has 1 N–H and O–H groups in total. The number of sulfone groups is 1. The maximum absolute atomic E-state index is 11.3. The van der Waals surface area contributed by atoms with E-state index in [0.717, 1.165) is 5.56 Å². The lowest BCUT2D eigenvalue weighted by Gasteiger charge is -2.10. The van der Waals surface area contributed by atoms with Crippen LogP contribution in [0.3, 0.4) is 0 Å². The van der Waals surface area contributed by atoms with Crippen LogP contribution in [0.5, 0.6) is 5.75 Å². The first-order valence-electron chi connectivity index (χ1n) is 6.09. The molecule has 4 nitrogen and oxygen atoms in total. The third-order valence-corrected chi connectivity index (χ3v) is 4.42. The van der Waals surface area contributed by atoms with Crippen molar-refractivity contribution in [1.82, 2.24) is 0 Å². The van der Waals surface area contributed by atoms with E-state index in [-0.39, 0.29) is 18.1 Å². The molecule has 1 atom stereocenters. The number of benzene rings is 1. The van der Waals surface area contributed by atoms with E-state index < -0.39 is 15.9 Å². The average Bonchev–Trinajstić information content (AvgIpc) is 2.38. The van der Waals surface area contributed by atoms with Crippen LogP contribution in [-0.2, 0) is 9.84 Å². The summed E-state index contributed by atoms with van der Waals surface area (Å²) in [6, 6.07) is 7.06. The Bertz CT molecular complexity index is 450. The summed E-state index contributed by atoms with van der Waals surface area (Å²) in [5.41, 5.74) is 0.839. The highest BCUT2D eigenvalue weighted by atomic mass is 32.2. The van der Waals surface area contributed by atoms with Gasteiger partial charge in [-0.3, -0.25) is 0 Å². The van der Waals surface area contributed by atoms with E-state index >= 15 is 0 Å². The van der Waals surface area contributed by atoms with Crippen molar-refractivity contribution in [1.29, 1.82) is 0 Å². The summed E-state index contributed by atoms with van der Waals surface area (Å²) in [5, 5.41) is 9.61. The molecule has 0 aromatic heterocycles. The fourth-order valence-corrected chi connectivity index (χ4v) is 2.08. The second kappa shape index (κ2) is 6.75. The lowest BCUT2D eigenvalue weighted by Crippen LogP contribution is -2.15. The predicted octanol–water partition coefficient (Wildman–Crippen LogP) is 1.94. The van der Waals surface area contributed by atoms with Crippen molar-refractivity contribution >= 4 is 9.84 Å². The normalized spacial score (nSPS) is 13.3. The summed E-state index contributed by atoms with van der Waals surface area (Å²) in [5.74, 6) is 0.786. The van der Waals surface area contributed by atoms with Crippen LogP contribution in [0.15, 0.2) is 24.3 Å². The standard InChI is InChI=1S/C13H20O4S/c1-3-13(14)11-5-7-12(8-6-11)17-9-10-18(15,16)4-2/h5-8,13-14H,3-4,9-10H2,1-2H3/t13-/m1/s1. The molecule has 18 heavy (non-hydrogen) atoms. The molecule has 0 fully saturated rings. The molecule has 0 bridgehead atoms. The molecule has 0 aliphatic rings. The number of aliphatic hydroxyl groups is 1. The number of aliphatic hydroxyl groups excluding tert-OH is 1. The Morgan fingerprint density at radius 2 is 1.83 bits per heavy atom. The van der Waals surface area contributed by atoms with Crippen molar-refractivity contribution in [3.05, 3.63) is 29.8 Å². The molecule has 1 aromatic carbocycles. The summed E-state index contributed by atoms with van der Waals surface area (Å²) in [4.78, 5) is 0. The van der Waals surface area contributed by atoms with Crippen LogP contribution >= 0.6 is 0 Å². The third-order valence-electron chi connectivity index (χ3n) is 2.75. The lowest BCUT2D eigenvalue weighted by molar-refractivity contribution is 0.173. The highest BCUT2D eigenvalue weighted by Crippen LogP contribution is 2.19. The molecule has 0 saturated carbocycles. The molecule has 5 heteroatoms. The Morgan fingerprint density at radius 1 is 1.22 bits per heavy atom. The molecule has 0 heterocycles. The SMILES string of the molecule is CC[C@@H](O)c1ccc(OCCS(=O)(=O)CC)cc1. The molecule has 102 valence electrons. The summed E-state index contributed by atoms with van der Waals surface area (Å²) in [7, 11) is -2.98. The Labute approximate surface area is 109 Å². The van der Waals surface area contributed by atoms with Gasteiger partial charge in [-0.05, 0) is 24.1 Å². The van der Waals surface area contributed by atoms with E-state index in [2.05, 4.69) is 0 Å². The van der Waals surface area contributed by atoms with E-state index in [0.29, 0.717) is 12.2 Å². The topological polar surface area (TPSA) is 63.6 Å². The summed E-state index contributed by atoms with van der Waals surface area (Å²) < 4.78 is 27.9.